The number of benzene rings is 3. The maximum atomic E-state index is 14.4. The van der Waals surface area contributed by atoms with Gasteiger partial charge in [-0.2, -0.15) is 0 Å². The summed E-state index contributed by atoms with van der Waals surface area (Å²) in [6.45, 7) is 3.92. The first-order valence-electron chi connectivity index (χ1n) is 15.2. The number of unbranched alkanes of at least 4 members (excludes halogenated alkanes) is 1. The van der Waals surface area contributed by atoms with Gasteiger partial charge < -0.3 is 29.2 Å². The summed E-state index contributed by atoms with van der Waals surface area (Å²) < 4.78 is 51.5. The van der Waals surface area contributed by atoms with Crippen molar-refractivity contribution < 1.29 is 37.0 Å². The molecule has 46 heavy (non-hydrogen) atoms. The molecule has 0 heterocycles. The zero-order valence-corrected chi connectivity index (χ0v) is 28.3. The Balaban J connectivity index is 2.13. The Kier molecular flexibility index (Phi) is 13.5. The molecule has 11 nitrogen and oxygen atoms in total. The van der Waals surface area contributed by atoms with E-state index in [1.54, 1.807) is 12.1 Å². The molecule has 12 heteroatoms. The molecule has 3 rings (SSSR count). The van der Waals surface area contributed by atoms with Crippen molar-refractivity contribution in [2.24, 2.45) is 0 Å². The highest BCUT2D eigenvalue weighted by atomic mass is 32.2. The number of carbonyl (C=O) groups is 2. The second-order valence-electron chi connectivity index (χ2n) is 10.5. The van der Waals surface area contributed by atoms with E-state index >= 15 is 0 Å². The van der Waals surface area contributed by atoms with E-state index in [4.69, 9.17) is 18.9 Å². The molecule has 2 amide bonds. The number of hydrogen-bond donors (Lipinski definition) is 1. The lowest BCUT2D eigenvalue weighted by molar-refractivity contribution is -0.139. The van der Waals surface area contributed by atoms with E-state index < -0.39 is 28.5 Å². The van der Waals surface area contributed by atoms with Gasteiger partial charge in [0.25, 0.3) is 10.0 Å². The van der Waals surface area contributed by atoms with E-state index in [2.05, 4.69) is 5.32 Å². The smallest absolute Gasteiger partial charge is 0.265 e. The van der Waals surface area contributed by atoms with E-state index in [-0.39, 0.29) is 34.5 Å². The Labute approximate surface area is 272 Å². The van der Waals surface area contributed by atoms with Gasteiger partial charge in [-0.1, -0.05) is 50.6 Å². The number of nitrogens with zero attached hydrogens (tertiary/aromatic N) is 2. The van der Waals surface area contributed by atoms with Gasteiger partial charge in [0, 0.05) is 25.2 Å². The van der Waals surface area contributed by atoms with Crippen molar-refractivity contribution in [3.63, 3.8) is 0 Å². The number of methoxy groups -OCH3 is 4. The second-order valence-corrected chi connectivity index (χ2v) is 12.3. The summed E-state index contributed by atoms with van der Waals surface area (Å²) in [6, 6.07) is 17.7. The van der Waals surface area contributed by atoms with Crippen LogP contribution in [0.3, 0.4) is 0 Å². The zero-order chi connectivity index (χ0) is 33.7. The second kappa shape index (κ2) is 17.3. The van der Waals surface area contributed by atoms with E-state index in [9.17, 15) is 18.0 Å². The lowest BCUT2D eigenvalue weighted by atomic mass is 10.1. The standard InChI is InChI=1S/C34H45N3O8S/c1-7-9-20-35-34(39)28(8-2)36(21-19-25-13-11-10-12-14-25)33(38)24-37(29-22-26(42-3)15-17-30(29)43-4)46(40,41)27-16-18-31(44-5)32(23-27)45-6/h10-18,22-23,28H,7-9,19-21,24H2,1-6H3,(H,35,39)/t28-/m1/s1. The van der Waals surface area contributed by atoms with Crippen molar-refractivity contribution in [2.45, 2.75) is 50.5 Å². The normalized spacial score (nSPS) is 11.7. The van der Waals surface area contributed by atoms with E-state index in [1.165, 1.54) is 57.6 Å². The maximum absolute atomic E-state index is 14.4. The van der Waals surface area contributed by atoms with Crippen molar-refractivity contribution in [1.82, 2.24) is 10.2 Å². The Morgan fingerprint density at radius 2 is 1.50 bits per heavy atom. The van der Waals surface area contributed by atoms with Gasteiger partial charge in [0.1, 0.15) is 24.1 Å². The molecule has 3 aromatic rings. The van der Waals surface area contributed by atoms with Crippen LogP contribution >= 0.6 is 0 Å². The Morgan fingerprint density at radius 1 is 0.826 bits per heavy atom. The highest BCUT2D eigenvalue weighted by Crippen LogP contribution is 2.37. The fraction of sp³-hybridized carbons (Fsp3) is 0.412. The van der Waals surface area contributed by atoms with Gasteiger partial charge in [0.2, 0.25) is 11.8 Å². The Bertz CT molecular complexity index is 1550. The summed E-state index contributed by atoms with van der Waals surface area (Å²) in [4.78, 5) is 29.1. The van der Waals surface area contributed by atoms with Gasteiger partial charge in [-0.15, -0.1) is 0 Å². The summed E-state index contributed by atoms with van der Waals surface area (Å²) in [6.07, 6.45) is 2.51. The third-order valence-corrected chi connectivity index (χ3v) is 9.33. The summed E-state index contributed by atoms with van der Waals surface area (Å²) in [5.41, 5.74) is 1.07. The molecular formula is C34H45N3O8S. The van der Waals surface area contributed by atoms with Crippen molar-refractivity contribution in [1.29, 1.82) is 0 Å². The fourth-order valence-electron chi connectivity index (χ4n) is 5.01. The maximum Gasteiger partial charge on any atom is 0.265 e. The first-order valence-corrected chi connectivity index (χ1v) is 16.7. The van der Waals surface area contributed by atoms with E-state index in [1.807, 2.05) is 44.2 Å². The number of anilines is 1. The van der Waals surface area contributed by atoms with Crippen LogP contribution in [0.5, 0.6) is 23.0 Å². The minimum atomic E-state index is -4.42. The predicted octanol–water partition coefficient (Wildman–Crippen LogP) is 4.68. The molecule has 0 spiro atoms. The van der Waals surface area contributed by atoms with Crippen LogP contribution in [0, 0.1) is 0 Å². The van der Waals surface area contributed by atoms with Gasteiger partial charge in [0.15, 0.2) is 11.5 Å². The number of hydrogen-bond acceptors (Lipinski definition) is 8. The average molecular weight is 656 g/mol. The number of sulfonamides is 1. The lowest BCUT2D eigenvalue weighted by Crippen LogP contribution is -2.53. The van der Waals surface area contributed by atoms with Crippen molar-refractivity contribution in [2.75, 3.05) is 52.4 Å². The number of nitrogens with one attached hydrogen (secondary N) is 1. The molecule has 3 aromatic carbocycles. The number of amides is 2. The quantitative estimate of drug-likeness (QED) is 0.196. The SMILES string of the molecule is CCCCNC(=O)[C@@H](CC)N(CCc1ccccc1)C(=O)CN(c1cc(OC)ccc1OC)S(=O)(=O)c1ccc(OC)c(OC)c1. The van der Waals surface area contributed by atoms with Crippen LogP contribution < -0.4 is 28.6 Å². The molecule has 0 aromatic heterocycles. The first kappa shape index (κ1) is 36.0. The number of ether oxygens (including phenoxy) is 4. The fourth-order valence-corrected chi connectivity index (χ4v) is 6.44. The van der Waals surface area contributed by atoms with Gasteiger partial charge >= 0.3 is 0 Å². The molecule has 0 aliphatic rings. The molecule has 250 valence electrons. The van der Waals surface area contributed by atoms with Crippen LogP contribution in [-0.2, 0) is 26.0 Å². The topological polar surface area (TPSA) is 124 Å². The third kappa shape index (κ3) is 8.84. The van der Waals surface area contributed by atoms with Crippen molar-refractivity contribution in [3.05, 3.63) is 72.3 Å². The zero-order valence-electron chi connectivity index (χ0n) is 27.4. The molecule has 0 saturated heterocycles. The molecule has 1 N–H and O–H groups in total. The van der Waals surface area contributed by atoms with Crippen LogP contribution in [0.2, 0.25) is 0 Å². The average Bonchev–Trinajstić information content (AvgIpc) is 3.08. The third-order valence-electron chi connectivity index (χ3n) is 7.58. The molecule has 0 aliphatic heterocycles. The molecule has 0 unspecified atom stereocenters. The molecule has 1 atom stereocenters. The largest absolute Gasteiger partial charge is 0.497 e. The van der Waals surface area contributed by atoms with E-state index in [0.29, 0.717) is 30.9 Å². The molecule has 0 saturated carbocycles. The van der Waals surface area contributed by atoms with Gasteiger partial charge in [-0.3, -0.25) is 13.9 Å². The van der Waals surface area contributed by atoms with E-state index in [0.717, 1.165) is 22.7 Å². The predicted molar refractivity (Wildman–Crippen MR) is 177 cm³/mol. The molecular weight excluding hydrogens is 610 g/mol. The lowest BCUT2D eigenvalue weighted by Gasteiger charge is -2.33. The Hall–Kier alpha value is -4.45. The van der Waals surface area contributed by atoms with Crippen LogP contribution in [0.4, 0.5) is 5.69 Å². The summed E-state index contributed by atoms with van der Waals surface area (Å²) >= 11 is 0. The van der Waals surface area contributed by atoms with Crippen LogP contribution in [0.1, 0.15) is 38.7 Å². The van der Waals surface area contributed by atoms with Gasteiger partial charge in [-0.05, 0) is 49.1 Å². The molecule has 0 radical (unpaired) electrons. The molecule has 0 bridgehead atoms. The highest BCUT2D eigenvalue weighted by Gasteiger charge is 2.35. The minimum absolute atomic E-state index is 0.0911. The number of carbonyl (C=O) groups excluding carboxylic acids is 2. The van der Waals surface area contributed by atoms with Crippen LogP contribution in [0.25, 0.3) is 0 Å². The monoisotopic (exact) mass is 655 g/mol. The Morgan fingerprint density at radius 3 is 2.11 bits per heavy atom. The van der Waals surface area contributed by atoms with Gasteiger partial charge in [0.05, 0.1) is 39.0 Å². The first-order chi connectivity index (χ1) is 22.1. The number of rotatable bonds is 18. The van der Waals surface area contributed by atoms with Crippen LogP contribution in [0.15, 0.2) is 71.6 Å². The van der Waals surface area contributed by atoms with Gasteiger partial charge in [-0.25, -0.2) is 8.42 Å². The summed E-state index contributed by atoms with van der Waals surface area (Å²) in [5.74, 6) is 0.269. The molecule has 0 fully saturated rings. The highest BCUT2D eigenvalue weighted by molar-refractivity contribution is 7.92. The molecule has 0 aliphatic carbocycles. The summed E-state index contributed by atoms with van der Waals surface area (Å²) in [7, 11) is 1.30. The van der Waals surface area contributed by atoms with Crippen LogP contribution in [-0.4, -0.2) is 79.2 Å². The minimum Gasteiger partial charge on any atom is -0.497 e. The van der Waals surface area contributed by atoms with Crippen molar-refractivity contribution in [3.8, 4) is 23.0 Å². The summed E-state index contributed by atoms with van der Waals surface area (Å²) in [5, 5.41) is 2.94. The van der Waals surface area contributed by atoms with Crippen molar-refractivity contribution >= 4 is 27.5 Å².